The number of hydrogen-bond donors (Lipinski definition) is 1. The third-order valence-corrected chi connectivity index (χ3v) is 4.96. The molecule has 1 aliphatic heterocycles. The van der Waals surface area contributed by atoms with Crippen molar-refractivity contribution in [3.63, 3.8) is 0 Å². The molecule has 1 fully saturated rings. The highest BCUT2D eigenvalue weighted by Gasteiger charge is 2.23. The maximum Gasteiger partial charge on any atom is 0.0610 e. The van der Waals surface area contributed by atoms with Gasteiger partial charge in [-0.3, -0.25) is 4.90 Å². The molecule has 3 rings (SSSR count). The van der Waals surface area contributed by atoms with Crippen LogP contribution in [0.5, 0.6) is 0 Å². The molecule has 0 bridgehead atoms. The number of thiophene rings is 1. The Hall–Kier alpha value is -0.680. The van der Waals surface area contributed by atoms with E-state index in [1.54, 1.807) is 11.3 Å². The molecule has 20 heavy (non-hydrogen) atoms. The average Bonchev–Trinajstić information content (AvgIpc) is 2.83. The van der Waals surface area contributed by atoms with E-state index in [1.807, 2.05) is 0 Å². The van der Waals surface area contributed by atoms with Crippen LogP contribution in [0.3, 0.4) is 0 Å². The second-order valence-corrected chi connectivity index (χ2v) is 6.85. The zero-order valence-electron chi connectivity index (χ0n) is 11.4. The third kappa shape index (κ3) is 3.31. The molecule has 1 aromatic carbocycles. The van der Waals surface area contributed by atoms with Crippen LogP contribution in [0.25, 0.3) is 0 Å². The maximum absolute atomic E-state index is 3.60. The Bertz CT molecular complexity index is 533. The van der Waals surface area contributed by atoms with Crippen LogP contribution in [0, 0.1) is 0 Å². The minimum Gasteiger partial charge on any atom is -0.315 e. The van der Waals surface area contributed by atoms with Gasteiger partial charge < -0.3 is 5.32 Å². The molecular weight excluding hydrogens is 332 g/mol. The summed E-state index contributed by atoms with van der Waals surface area (Å²) in [5.74, 6) is 0. The first-order valence-electron chi connectivity index (χ1n) is 7.07. The van der Waals surface area contributed by atoms with Gasteiger partial charge in [0.25, 0.3) is 0 Å². The van der Waals surface area contributed by atoms with E-state index in [0.29, 0.717) is 6.04 Å². The van der Waals surface area contributed by atoms with E-state index < -0.39 is 0 Å². The minimum atomic E-state index is 0.374. The molecule has 2 nitrogen and oxygen atoms in total. The largest absolute Gasteiger partial charge is 0.315 e. The highest BCUT2D eigenvalue weighted by Crippen LogP contribution is 2.31. The van der Waals surface area contributed by atoms with E-state index in [0.717, 1.165) is 30.7 Å². The van der Waals surface area contributed by atoms with Crippen molar-refractivity contribution in [3.05, 3.63) is 56.7 Å². The topological polar surface area (TPSA) is 15.3 Å². The molecule has 2 aromatic rings. The second kappa shape index (κ2) is 6.85. The van der Waals surface area contributed by atoms with E-state index in [-0.39, 0.29) is 0 Å². The Labute approximate surface area is 132 Å². The molecule has 0 amide bonds. The normalized spacial score (nSPS) is 18.6. The Balaban J connectivity index is 1.95. The van der Waals surface area contributed by atoms with Gasteiger partial charge in [-0.2, -0.15) is 11.3 Å². The SMILES string of the molecule is Brc1cccc(C(c2ccsc2)N2CCCNCC2)c1. The van der Waals surface area contributed by atoms with Crippen LogP contribution in [0.4, 0.5) is 0 Å². The van der Waals surface area contributed by atoms with E-state index in [4.69, 9.17) is 0 Å². The van der Waals surface area contributed by atoms with Crippen molar-refractivity contribution in [2.24, 2.45) is 0 Å². The molecular formula is C16H19BrN2S. The number of rotatable bonds is 3. The molecule has 1 aliphatic rings. The first-order valence-corrected chi connectivity index (χ1v) is 8.80. The summed E-state index contributed by atoms with van der Waals surface area (Å²) < 4.78 is 1.16. The van der Waals surface area contributed by atoms with Crippen molar-refractivity contribution in [1.29, 1.82) is 0 Å². The number of hydrogen-bond acceptors (Lipinski definition) is 3. The van der Waals surface area contributed by atoms with Gasteiger partial charge in [-0.15, -0.1) is 0 Å². The molecule has 0 radical (unpaired) electrons. The predicted octanol–water partition coefficient (Wildman–Crippen LogP) is 3.90. The van der Waals surface area contributed by atoms with Gasteiger partial charge in [-0.1, -0.05) is 28.1 Å². The van der Waals surface area contributed by atoms with Crippen LogP contribution in [-0.4, -0.2) is 31.1 Å². The van der Waals surface area contributed by atoms with Gasteiger partial charge in [-0.25, -0.2) is 0 Å². The lowest BCUT2D eigenvalue weighted by atomic mass is 9.99. The number of benzene rings is 1. The number of nitrogens with one attached hydrogen (secondary N) is 1. The van der Waals surface area contributed by atoms with E-state index in [2.05, 4.69) is 67.2 Å². The standard InChI is InChI=1S/C16H19BrN2S/c17-15-4-1-3-13(11-15)16(14-5-10-20-12-14)19-8-2-6-18-7-9-19/h1,3-5,10-12,16,18H,2,6-9H2. The van der Waals surface area contributed by atoms with Crippen LogP contribution >= 0.6 is 27.3 Å². The molecule has 0 saturated carbocycles. The van der Waals surface area contributed by atoms with Gasteiger partial charge in [0.15, 0.2) is 0 Å². The lowest BCUT2D eigenvalue weighted by molar-refractivity contribution is 0.241. The van der Waals surface area contributed by atoms with Crippen molar-refractivity contribution < 1.29 is 0 Å². The maximum atomic E-state index is 3.60. The molecule has 1 atom stereocenters. The fraction of sp³-hybridized carbons (Fsp3) is 0.375. The van der Waals surface area contributed by atoms with Crippen molar-refractivity contribution in [2.45, 2.75) is 12.5 Å². The summed E-state index contributed by atoms with van der Waals surface area (Å²) in [6.45, 7) is 4.47. The molecule has 2 heterocycles. The highest BCUT2D eigenvalue weighted by atomic mass is 79.9. The summed E-state index contributed by atoms with van der Waals surface area (Å²) in [7, 11) is 0. The van der Waals surface area contributed by atoms with Gasteiger partial charge in [0.1, 0.15) is 0 Å². The average molecular weight is 351 g/mol. The van der Waals surface area contributed by atoms with Crippen LogP contribution in [0.2, 0.25) is 0 Å². The zero-order valence-corrected chi connectivity index (χ0v) is 13.8. The third-order valence-electron chi connectivity index (χ3n) is 3.76. The molecule has 1 saturated heterocycles. The van der Waals surface area contributed by atoms with Crippen molar-refractivity contribution in [3.8, 4) is 0 Å². The molecule has 0 spiro atoms. The monoisotopic (exact) mass is 350 g/mol. The van der Waals surface area contributed by atoms with Crippen molar-refractivity contribution >= 4 is 27.3 Å². The van der Waals surface area contributed by atoms with Gasteiger partial charge >= 0.3 is 0 Å². The van der Waals surface area contributed by atoms with Gasteiger partial charge in [-0.05, 0) is 53.1 Å². The zero-order chi connectivity index (χ0) is 13.8. The van der Waals surface area contributed by atoms with Gasteiger partial charge in [0.2, 0.25) is 0 Å². The predicted molar refractivity (Wildman–Crippen MR) is 89.4 cm³/mol. The van der Waals surface area contributed by atoms with Crippen molar-refractivity contribution in [1.82, 2.24) is 10.2 Å². The van der Waals surface area contributed by atoms with Gasteiger partial charge in [0, 0.05) is 24.1 Å². The van der Waals surface area contributed by atoms with Crippen LogP contribution in [0.1, 0.15) is 23.6 Å². The fourth-order valence-corrected chi connectivity index (χ4v) is 3.94. The highest BCUT2D eigenvalue weighted by molar-refractivity contribution is 9.10. The van der Waals surface area contributed by atoms with Crippen LogP contribution in [0.15, 0.2) is 45.6 Å². The summed E-state index contributed by atoms with van der Waals surface area (Å²) in [5, 5.41) is 7.95. The van der Waals surface area contributed by atoms with Crippen molar-refractivity contribution in [2.75, 3.05) is 26.2 Å². The molecule has 106 valence electrons. The summed E-state index contributed by atoms with van der Waals surface area (Å²) >= 11 is 5.39. The van der Waals surface area contributed by atoms with E-state index in [9.17, 15) is 0 Å². The Kier molecular flexibility index (Phi) is 4.89. The molecule has 0 aliphatic carbocycles. The van der Waals surface area contributed by atoms with E-state index >= 15 is 0 Å². The quantitative estimate of drug-likeness (QED) is 0.902. The first kappa shape index (κ1) is 14.3. The van der Waals surface area contributed by atoms with Crippen LogP contribution in [-0.2, 0) is 0 Å². The summed E-state index contributed by atoms with van der Waals surface area (Å²) in [6, 6.07) is 11.4. The second-order valence-electron chi connectivity index (χ2n) is 5.15. The number of halogens is 1. The Morgan fingerprint density at radius 1 is 1.15 bits per heavy atom. The summed E-state index contributed by atoms with van der Waals surface area (Å²) in [4.78, 5) is 2.60. The molecule has 1 N–H and O–H groups in total. The Morgan fingerprint density at radius 3 is 2.90 bits per heavy atom. The summed E-state index contributed by atoms with van der Waals surface area (Å²) in [5.41, 5.74) is 2.79. The Morgan fingerprint density at radius 2 is 2.10 bits per heavy atom. The smallest absolute Gasteiger partial charge is 0.0610 e. The number of nitrogens with zero attached hydrogens (tertiary/aromatic N) is 1. The fourth-order valence-electron chi connectivity index (χ4n) is 2.85. The first-order chi connectivity index (χ1) is 9.84. The molecule has 1 aromatic heterocycles. The summed E-state index contributed by atoms with van der Waals surface area (Å²) in [6.07, 6.45) is 1.22. The van der Waals surface area contributed by atoms with E-state index in [1.165, 1.54) is 17.5 Å². The molecule has 4 heteroatoms. The lowest BCUT2D eigenvalue weighted by Crippen LogP contribution is -2.32. The minimum absolute atomic E-state index is 0.374. The lowest BCUT2D eigenvalue weighted by Gasteiger charge is -2.30. The van der Waals surface area contributed by atoms with Crippen LogP contribution < -0.4 is 5.32 Å². The molecule has 1 unspecified atom stereocenters. The van der Waals surface area contributed by atoms with Gasteiger partial charge in [0.05, 0.1) is 6.04 Å².